The maximum atomic E-state index is 12.5. The van der Waals surface area contributed by atoms with Crippen molar-refractivity contribution >= 4 is 29.1 Å². The Morgan fingerprint density at radius 2 is 2.00 bits per heavy atom. The van der Waals surface area contributed by atoms with Crippen molar-refractivity contribution in [3.8, 4) is 5.75 Å². The fourth-order valence-corrected chi connectivity index (χ4v) is 3.00. The molecule has 2 aromatic carbocycles. The lowest BCUT2D eigenvalue weighted by Gasteiger charge is -2.26. The van der Waals surface area contributed by atoms with E-state index in [1.807, 2.05) is 37.3 Å². The zero-order chi connectivity index (χ0) is 16.4. The first-order valence-electron chi connectivity index (χ1n) is 7.50. The lowest BCUT2D eigenvalue weighted by atomic mass is 9.95. The van der Waals surface area contributed by atoms with Crippen molar-refractivity contribution in [2.45, 2.75) is 19.4 Å². The second-order valence-corrected chi connectivity index (χ2v) is 6.54. The average Bonchev–Trinajstić information content (AvgIpc) is 2.56. The number of carbonyl (C=O) groups is 1. The molecule has 1 aliphatic heterocycles. The summed E-state index contributed by atoms with van der Waals surface area (Å²) in [6.07, 6.45) is 0.691. The number of hydrogen-bond acceptors (Lipinski definition) is 2. The fraction of sp³-hybridized carbons (Fsp3) is 0.278. The van der Waals surface area contributed by atoms with Crippen LogP contribution in [-0.2, 0) is 11.2 Å². The Morgan fingerprint density at radius 1 is 1.22 bits per heavy atom. The van der Waals surface area contributed by atoms with Gasteiger partial charge in [-0.2, -0.15) is 0 Å². The lowest BCUT2D eigenvalue weighted by Crippen LogP contribution is -2.38. The van der Waals surface area contributed by atoms with E-state index in [1.54, 1.807) is 12.1 Å². The molecule has 2 aromatic rings. The molecule has 0 fully saturated rings. The van der Waals surface area contributed by atoms with Gasteiger partial charge in [0.15, 0.2) is 0 Å². The van der Waals surface area contributed by atoms with Crippen LogP contribution < -0.4 is 10.1 Å². The summed E-state index contributed by atoms with van der Waals surface area (Å²) in [5, 5.41) is 4.01. The molecule has 3 nitrogen and oxygen atoms in total. The normalized spacial score (nSPS) is 17.8. The number of halogens is 2. The minimum absolute atomic E-state index is 0.0157. The van der Waals surface area contributed by atoms with Gasteiger partial charge in [-0.25, -0.2) is 0 Å². The van der Waals surface area contributed by atoms with Gasteiger partial charge >= 0.3 is 0 Å². The number of rotatable bonds is 3. The first-order chi connectivity index (χ1) is 11.0. The van der Waals surface area contributed by atoms with Crippen LogP contribution in [0.2, 0.25) is 10.0 Å². The molecule has 0 spiro atoms. The first kappa shape index (κ1) is 16.2. The molecule has 1 amide bonds. The van der Waals surface area contributed by atoms with Crippen molar-refractivity contribution < 1.29 is 9.53 Å². The van der Waals surface area contributed by atoms with Gasteiger partial charge in [0.05, 0.1) is 22.0 Å². The van der Waals surface area contributed by atoms with E-state index in [1.165, 1.54) is 0 Å². The van der Waals surface area contributed by atoms with Gasteiger partial charge in [0.25, 0.3) is 0 Å². The molecule has 0 bridgehead atoms. The maximum Gasteiger partial charge on any atom is 0.227 e. The molecule has 23 heavy (non-hydrogen) atoms. The number of hydrogen-bond donors (Lipinski definition) is 1. The molecular weight excluding hydrogens is 333 g/mol. The Labute approximate surface area is 145 Å². The third kappa shape index (κ3) is 3.62. The Bertz CT molecular complexity index is 733. The average molecular weight is 350 g/mol. The molecule has 0 saturated carbocycles. The number of carbonyl (C=O) groups excluding carboxylic acids is 1. The number of fused-ring (bicyclic) bond motifs is 1. The zero-order valence-corrected chi connectivity index (χ0v) is 14.2. The third-order valence-corrected chi connectivity index (χ3v) is 4.79. The van der Waals surface area contributed by atoms with Gasteiger partial charge in [0.2, 0.25) is 5.91 Å². The van der Waals surface area contributed by atoms with Gasteiger partial charge in [-0.05, 0) is 42.7 Å². The number of nitrogens with one attached hydrogen (secondary N) is 1. The number of benzene rings is 2. The second kappa shape index (κ2) is 6.81. The van der Waals surface area contributed by atoms with Crippen LogP contribution in [-0.4, -0.2) is 12.5 Å². The predicted molar refractivity (Wildman–Crippen MR) is 92.2 cm³/mol. The van der Waals surface area contributed by atoms with Crippen LogP contribution in [0.25, 0.3) is 0 Å². The van der Waals surface area contributed by atoms with Crippen molar-refractivity contribution in [1.29, 1.82) is 0 Å². The predicted octanol–water partition coefficient (Wildman–Crippen LogP) is 4.42. The highest BCUT2D eigenvalue weighted by Crippen LogP contribution is 2.28. The topological polar surface area (TPSA) is 38.3 Å². The van der Waals surface area contributed by atoms with Crippen LogP contribution in [0.1, 0.15) is 24.1 Å². The van der Waals surface area contributed by atoms with E-state index in [0.717, 1.165) is 16.9 Å². The minimum atomic E-state index is -0.185. The largest absolute Gasteiger partial charge is 0.492 e. The van der Waals surface area contributed by atoms with Crippen molar-refractivity contribution in [3.63, 3.8) is 0 Å². The van der Waals surface area contributed by atoms with E-state index in [-0.39, 0.29) is 17.9 Å². The smallest absolute Gasteiger partial charge is 0.227 e. The SMILES string of the molecule is CC(NC(=O)C1COc2ccccc2C1)c1ccc(Cl)c(Cl)c1. The van der Waals surface area contributed by atoms with E-state index in [0.29, 0.717) is 23.1 Å². The summed E-state index contributed by atoms with van der Waals surface area (Å²) < 4.78 is 5.68. The van der Waals surface area contributed by atoms with Gasteiger partial charge < -0.3 is 10.1 Å². The number of ether oxygens (including phenoxy) is 1. The molecule has 3 rings (SSSR count). The third-order valence-electron chi connectivity index (χ3n) is 4.05. The summed E-state index contributed by atoms with van der Waals surface area (Å²) in [4.78, 5) is 12.5. The molecule has 2 unspecified atom stereocenters. The Balaban J connectivity index is 1.66. The zero-order valence-electron chi connectivity index (χ0n) is 12.7. The summed E-state index contributed by atoms with van der Waals surface area (Å²) in [5.41, 5.74) is 1.99. The molecule has 2 atom stereocenters. The molecule has 0 aliphatic carbocycles. The van der Waals surface area contributed by atoms with Gasteiger partial charge in [0.1, 0.15) is 12.4 Å². The van der Waals surface area contributed by atoms with Crippen molar-refractivity contribution in [3.05, 3.63) is 63.6 Å². The summed E-state index contributed by atoms with van der Waals surface area (Å²) >= 11 is 12.0. The van der Waals surface area contributed by atoms with E-state index in [2.05, 4.69) is 5.32 Å². The first-order valence-corrected chi connectivity index (χ1v) is 8.26. The highest BCUT2D eigenvalue weighted by Gasteiger charge is 2.26. The highest BCUT2D eigenvalue weighted by atomic mass is 35.5. The number of amides is 1. The van der Waals surface area contributed by atoms with Crippen LogP contribution in [0.4, 0.5) is 0 Å². The van der Waals surface area contributed by atoms with Gasteiger partial charge in [-0.1, -0.05) is 47.5 Å². The van der Waals surface area contributed by atoms with E-state index in [9.17, 15) is 4.79 Å². The van der Waals surface area contributed by atoms with E-state index in [4.69, 9.17) is 27.9 Å². The highest BCUT2D eigenvalue weighted by molar-refractivity contribution is 6.42. The van der Waals surface area contributed by atoms with E-state index >= 15 is 0 Å². The van der Waals surface area contributed by atoms with Gasteiger partial charge in [-0.15, -0.1) is 0 Å². The van der Waals surface area contributed by atoms with Gasteiger partial charge in [0, 0.05) is 0 Å². The van der Waals surface area contributed by atoms with Crippen LogP contribution in [0, 0.1) is 5.92 Å². The van der Waals surface area contributed by atoms with E-state index < -0.39 is 0 Å². The van der Waals surface area contributed by atoms with Crippen LogP contribution in [0.5, 0.6) is 5.75 Å². The summed E-state index contributed by atoms with van der Waals surface area (Å²) in [7, 11) is 0. The molecule has 0 radical (unpaired) electrons. The Hall–Kier alpha value is -1.71. The quantitative estimate of drug-likeness (QED) is 0.890. The van der Waals surface area contributed by atoms with Crippen molar-refractivity contribution in [2.24, 2.45) is 5.92 Å². The molecule has 5 heteroatoms. The van der Waals surface area contributed by atoms with Crippen molar-refractivity contribution in [1.82, 2.24) is 5.32 Å². The van der Waals surface area contributed by atoms with Crippen molar-refractivity contribution in [2.75, 3.05) is 6.61 Å². The lowest BCUT2D eigenvalue weighted by molar-refractivity contribution is -0.126. The van der Waals surface area contributed by atoms with Crippen LogP contribution in [0.3, 0.4) is 0 Å². The minimum Gasteiger partial charge on any atom is -0.492 e. The fourth-order valence-electron chi connectivity index (χ4n) is 2.69. The summed E-state index contributed by atoms with van der Waals surface area (Å²) in [6.45, 7) is 2.33. The molecule has 0 aromatic heterocycles. The molecule has 120 valence electrons. The standard InChI is InChI=1S/C18H17Cl2NO2/c1-11(12-6-7-15(19)16(20)9-12)21-18(22)14-8-13-4-2-3-5-17(13)23-10-14/h2-7,9,11,14H,8,10H2,1H3,(H,21,22). The molecule has 1 heterocycles. The molecular formula is C18H17Cl2NO2. The number of para-hydroxylation sites is 1. The van der Waals surface area contributed by atoms with Crippen LogP contribution in [0.15, 0.2) is 42.5 Å². The summed E-state index contributed by atoms with van der Waals surface area (Å²) in [6, 6.07) is 13.1. The van der Waals surface area contributed by atoms with Crippen LogP contribution >= 0.6 is 23.2 Å². The second-order valence-electron chi connectivity index (χ2n) is 5.72. The van der Waals surface area contributed by atoms with Gasteiger partial charge in [-0.3, -0.25) is 4.79 Å². The molecule has 1 N–H and O–H groups in total. The molecule has 1 aliphatic rings. The summed E-state index contributed by atoms with van der Waals surface area (Å²) in [5.74, 6) is 0.669. The monoisotopic (exact) mass is 349 g/mol. The Morgan fingerprint density at radius 3 is 2.78 bits per heavy atom. The maximum absolute atomic E-state index is 12.5. The Kier molecular flexibility index (Phi) is 4.79. The molecule has 0 saturated heterocycles.